The van der Waals surface area contributed by atoms with Crippen molar-refractivity contribution in [3.05, 3.63) is 59.7 Å². The number of benzene rings is 2. The fraction of sp³-hybridized carbons (Fsp3) is 0.250. The molecule has 0 aliphatic rings. The second-order valence-electron chi connectivity index (χ2n) is 4.76. The smallest absolute Gasteiger partial charge is 0.488 e. The number of ether oxygens (including phenoxy) is 1. The summed E-state index contributed by atoms with van der Waals surface area (Å²) in [7, 11) is -1.47. The SMILES string of the molecule is CCCc1ccc(OCc2ccccc2B(O)O)cc1. The predicted octanol–water partition coefficient (Wildman–Crippen LogP) is 1.90. The highest BCUT2D eigenvalue weighted by Gasteiger charge is 2.15. The van der Waals surface area contributed by atoms with Crippen LogP contribution in [0.3, 0.4) is 0 Å². The average molecular weight is 270 g/mol. The molecule has 0 radical (unpaired) electrons. The van der Waals surface area contributed by atoms with E-state index in [4.69, 9.17) is 4.74 Å². The Morgan fingerprint density at radius 3 is 2.35 bits per heavy atom. The van der Waals surface area contributed by atoms with Crippen molar-refractivity contribution >= 4 is 12.6 Å². The molecule has 0 amide bonds. The molecule has 0 spiro atoms. The summed E-state index contributed by atoms with van der Waals surface area (Å²) in [6.45, 7) is 2.47. The maximum Gasteiger partial charge on any atom is 0.488 e. The highest BCUT2D eigenvalue weighted by molar-refractivity contribution is 6.59. The molecule has 0 saturated carbocycles. The molecule has 0 saturated heterocycles. The maximum atomic E-state index is 9.30. The Labute approximate surface area is 120 Å². The molecule has 0 aromatic heterocycles. The lowest BCUT2D eigenvalue weighted by molar-refractivity contribution is 0.306. The van der Waals surface area contributed by atoms with Gasteiger partial charge >= 0.3 is 7.12 Å². The Kier molecular flexibility index (Phi) is 5.21. The molecule has 0 bridgehead atoms. The zero-order chi connectivity index (χ0) is 14.4. The summed E-state index contributed by atoms with van der Waals surface area (Å²) in [5.74, 6) is 0.784. The predicted molar refractivity (Wildman–Crippen MR) is 81.0 cm³/mol. The lowest BCUT2D eigenvalue weighted by atomic mass is 9.77. The summed E-state index contributed by atoms with van der Waals surface area (Å²) >= 11 is 0. The van der Waals surface area contributed by atoms with Gasteiger partial charge in [-0.15, -0.1) is 0 Å². The van der Waals surface area contributed by atoms with Gasteiger partial charge in [0.2, 0.25) is 0 Å². The average Bonchev–Trinajstić information content (AvgIpc) is 2.47. The molecule has 0 atom stereocenters. The minimum absolute atomic E-state index is 0.320. The second kappa shape index (κ2) is 7.13. The maximum absolute atomic E-state index is 9.30. The Bertz CT molecular complexity index is 538. The third-order valence-electron chi connectivity index (χ3n) is 3.19. The molecule has 4 heteroatoms. The van der Waals surface area contributed by atoms with Crippen LogP contribution in [-0.2, 0) is 13.0 Å². The first-order valence-corrected chi connectivity index (χ1v) is 6.86. The zero-order valence-electron chi connectivity index (χ0n) is 11.6. The van der Waals surface area contributed by atoms with Crippen molar-refractivity contribution in [1.82, 2.24) is 0 Å². The molecular weight excluding hydrogens is 251 g/mol. The molecule has 0 unspecified atom stereocenters. The number of hydrogen-bond donors (Lipinski definition) is 2. The summed E-state index contributed by atoms with van der Waals surface area (Å²) in [6, 6.07) is 15.2. The fourth-order valence-electron chi connectivity index (χ4n) is 2.12. The third-order valence-corrected chi connectivity index (χ3v) is 3.19. The minimum atomic E-state index is -1.47. The van der Waals surface area contributed by atoms with Crippen molar-refractivity contribution in [2.45, 2.75) is 26.4 Å². The van der Waals surface area contributed by atoms with Crippen LogP contribution in [0.2, 0.25) is 0 Å². The molecule has 0 fully saturated rings. The standard InChI is InChI=1S/C16H19BO3/c1-2-5-13-8-10-15(11-9-13)20-12-14-6-3-4-7-16(14)17(18)19/h3-4,6-11,18-19H,2,5,12H2,1H3. The first-order chi connectivity index (χ1) is 9.70. The number of hydrogen-bond acceptors (Lipinski definition) is 3. The van der Waals surface area contributed by atoms with E-state index in [-0.39, 0.29) is 0 Å². The van der Waals surface area contributed by atoms with E-state index in [2.05, 4.69) is 19.1 Å². The van der Waals surface area contributed by atoms with Crippen molar-refractivity contribution < 1.29 is 14.8 Å². The highest BCUT2D eigenvalue weighted by Crippen LogP contribution is 2.14. The molecule has 0 aliphatic heterocycles. The van der Waals surface area contributed by atoms with Gasteiger partial charge in [0.15, 0.2) is 0 Å². The summed E-state index contributed by atoms with van der Waals surface area (Å²) in [5, 5.41) is 18.6. The molecule has 2 rings (SSSR count). The number of aryl methyl sites for hydroxylation is 1. The van der Waals surface area contributed by atoms with E-state index in [1.54, 1.807) is 12.1 Å². The molecule has 0 heterocycles. The van der Waals surface area contributed by atoms with Crippen LogP contribution in [0.15, 0.2) is 48.5 Å². The van der Waals surface area contributed by atoms with Crippen LogP contribution in [-0.4, -0.2) is 17.2 Å². The molecule has 0 aliphatic carbocycles. The third kappa shape index (κ3) is 3.86. The first kappa shape index (κ1) is 14.6. The fourth-order valence-corrected chi connectivity index (χ4v) is 2.12. The van der Waals surface area contributed by atoms with Gasteiger partial charge in [0.1, 0.15) is 12.4 Å². The highest BCUT2D eigenvalue weighted by atomic mass is 16.5. The van der Waals surface area contributed by atoms with Gasteiger partial charge in [-0.05, 0) is 35.1 Å². The Hall–Kier alpha value is -1.78. The van der Waals surface area contributed by atoms with E-state index in [1.807, 2.05) is 24.3 Å². The lowest BCUT2D eigenvalue weighted by Crippen LogP contribution is -2.33. The van der Waals surface area contributed by atoms with Crippen molar-refractivity contribution in [3.63, 3.8) is 0 Å². The van der Waals surface area contributed by atoms with E-state index in [1.165, 1.54) is 5.56 Å². The van der Waals surface area contributed by atoms with Crippen LogP contribution in [0.25, 0.3) is 0 Å². The molecule has 20 heavy (non-hydrogen) atoms. The van der Waals surface area contributed by atoms with Gasteiger partial charge in [-0.2, -0.15) is 0 Å². The molecule has 2 N–H and O–H groups in total. The van der Waals surface area contributed by atoms with Crippen molar-refractivity contribution in [3.8, 4) is 5.75 Å². The Morgan fingerprint density at radius 2 is 1.70 bits per heavy atom. The van der Waals surface area contributed by atoms with Gasteiger partial charge in [-0.1, -0.05) is 49.7 Å². The second-order valence-corrected chi connectivity index (χ2v) is 4.76. The van der Waals surface area contributed by atoms with E-state index in [0.717, 1.165) is 24.2 Å². The van der Waals surface area contributed by atoms with Crippen molar-refractivity contribution in [2.75, 3.05) is 0 Å². The van der Waals surface area contributed by atoms with Gasteiger partial charge in [0.25, 0.3) is 0 Å². The van der Waals surface area contributed by atoms with Crippen LogP contribution < -0.4 is 10.2 Å². The Balaban J connectivity index is 2.01. The summed E-state index contributed by atoms with van der Waals surface area (Å²) in [5.41, 5.74) is 2.56. The van der Waals surface area contributed by atoms with Crippen LogP contribution in [0.4, 0.5) is 0 Å². The zero-order valence-corrected chi connectivity index (χ0v) is 11.6. The minimum Gasteiger partial charge on any atom is -0.489 e. The van der Waals surface area contributed by atoms with Gasteiger partial charge < -0.3 is 14.8 Å². The van der Waals surface area contributed by atoms with Crippen LogP contribution in [0.1, 0.15) is 24.5 Å². The van der Waals surface area contributed by atoms with E-state index in [0.29, 0.717) is 12.1 Å². The largest absolute Gasteiger partial charge is 0.489 e. The first-order valence-electron chi connectivity index (χ1n) is 6.86. The molecular formula is C16H19BO3. The summed E-state index contributed by atoms with van der Waals surface area (Å²) < 4.78 is 5.69. The Morgan fingerprint density at radius 1 is 1.00 bits per heavy atom. The summed E-state index contributed by atoms with van der Waals surface area (Å²) in [4.78, 5) is 0. The summed E-state index contributed by atoms with van der Waals surface area (Å²) in [6.07, 6.45) is 2.20. The van der Waals surface area contributed by atoms with E-state index < -0.39 is 7.12 Å². The van der Waals surface area contributed by atoms with Gasteiger partial charge in [0.05, 0.1) is 0 Å². The normalized spacial score (nSPS) is 10.3. The van der Waals surface area contributed by atoms with Gasteiger partial charge in [-0.25, -0.2) is 0 Å². The van der Waals surface area contributed by atoms with Gasteiger partial charge in [-0.3, -0.25) is 0 Å². The molecule has 2 aromatic rings. The molecule has 104 valence electrons. The molecule has 3 nitrogen and oxygen atoms in total. The van der Waals surface area contributed by atoms with Crippen LogP contribution in [0, 0.1) is 0 Å². The van der Waals surface area contributed by atoms with Crippen molar-refractivity contribution in [2.24, 2.45) is 0 Å². The molecule has 2 aromatic carbocycles. The van der Waals surface area contributed by atoms with E-state index in [9.17, 15) is 10.0 Å². The monoisotopic (exact) mass is 270 g/mol. The topological polar surface area (TPSA) is 49.7 Å². The van der Waals surface area contributed by atoms with E-state index >= 15 is 0 Å². The van der Waals surface area contributed by atoms with Crippen LogP contribution >= 0.6 is 0 Å². The number of rotatable bonds is 6. The van der Waals surface area contributed by atoms with Crippen molar-refractivity contribution in [1.29, 1.82) is 0 Å². The van der Waals surface area contributed by atoms with Crippen LogP contribution in [0.5, 0.6) is 5.75 Å². The lowest BCUT2D eigenvalue weighted by Gasteiger charge is -2.11. The quantitative estimate of drug-likeness (QED) is 0.788. The van der Waals surface area contributed by atoms with Gasteiger partial charge in [0, 0.05) is 0 Å².